The molecule has 0 spiro atoms. The van der Waals surface area contributed by atoms with E-state index < -0.39 is 41.1 Å². The molecular weight excluding hydrogens is 430 g/mol. The first-order chi connectivity index (χ1) is 15.5. The van der Waals surface area contributed by atoms with E-state index in [9.17, 15) is 24.5 Å². The number of rotatable bonds is 12. The number of esters is 1. The summed E-state index contributed by atoms with van der Waals surface area (Å²) in [5.41, 5.74) is -0.0681. The molecule has 1 aromatic carbocycles. The number of para-hydroxylation sites is 1. The molecule has 0 fully saturated rings. The molecule has 0 aliphatic heterocycles. The van der Waals surface area contributed by atoms with Crippen LogP contribution >= 0.6 is 0 Å². The maximum atomic E-state index is 12.9. The first-order valence-corrected chi connectivity index (χ1v) is 10.7. The molecule has 1 unspecified atom stereocenters. The highest BCUT2D eigenvalue weighted by Gasteiger charge is 2.30. The molecule has 3 atom stereocenters. The number of hydrogen-bond acceptors (Lipinski definition) is 7. The number of nitro benzene ring substituents is 1. The maximum Gasteiger partial charge on any atom is 0.408 e. The highest BCUT2D eigenvalue weighted by molar-refractivity contribution is 5.89. The van der Waals surface area contributed by atoms with Crippen LogP contribution in [0.25, 0.3) is 0 Å². The Hall–Kier alpha value is -3.43. The quantitative estimate of drug-likeness (QED) is 0.209. The minimum absolute atomic E-state index is 0.0353. The molecule has 0 aromatic heterocycles. The molecule has 0 radical (unpaired) electrons. The highest BCUT2D eigenvalue weighted by atomic mass is 16.6. The van der Waals surface area contributed by atoms with Crippen LogP contribution in [0.4, 0.5) is 10.5 Å². The van der Waals surface area contributed by atoms with Gasteiger partial charge in [-0.1, -0.05) is 46.4 Å². The van der Waals surface area contributed by atoms with Gasteiger partial charge >= 0.3 is 12.1 Å². The number of methoxy groups -OCH3 is 1. The van der Waals surface area contributed by atoms with E-state index in [0.29, 0.717) is 6.42 Å². The molecule has 2 N–H and O–H groups in total. The van der Waals surface area contributed by atoms with Crippen molar-refractivity contribution in [3.05, 3.63) is 52.6 Å². The normalized spacial score (nSPS) is 13.5. The zero-order chi connectivity index (χ0) is 25.1. The Kier molecular flexibility index (Phi) is 11.0. The number of alkyl carbamates (subject to hydrolysis) is 1. The molecule has 1 aromatic rings. The van der Waals surface area contributed by atoms with Gasteiger partial charge in [0.05, 0.1) is 17.6 Å². The van der Waals surface area contributed by atoms with E-state index in [1.165, 1.54) is 31.4 Å². The molecule has 0 saturated heterocycles. The Bertz CT molecular complexity index is 854. The van der Waals surface area contributed by atoms with Crippen LogP contribution in [0.5, 0.6) is 0 Å². The van der Waals surface area contributed by atoms with Crippen molar-refractivity contribution < 1.29 is 28.8 Å². The van der Waals surface area contributed by atoms with Crippen LogP contribution in [0, 0.1) is 22.0 Å². The summed E-state index contributed by atoms with van der Waals surface area (Å²) < 4.78 is 10.1. The average Bonchev–Trinajstić information content (AvgIpc) is 2.75. The first kappa shape index (κ1) is 27.6. The van der Waals surface area contributed by atoms with E-state index in [1.807, 2.05) is 27.7 Å². The molecule has 182 valence electrons. The van der Waals surface area contributed by atoms with Gasteiger partial charge < -0.3 is 20.1 Å². The summed E-state index contributed by atoms with van der Waals surface area (Å²) in [4.78, 5) is 48.3. The van der Waals surface area contributed by atoms with Crippen LogP contribution in [0.3, 0.4) is 0 Å². The predicted molar refractivity (Wildman–Crippen MR) is 122 cm³/mol. The lowest BCUT2D eigenvalue weighted by Crippen LogP contribution is -2.52. The second-order valence-electron chi connectivity index (χ2n) is 8.42. The molecule has 2 amide bonds. The Labute approximate surface area is 193 Å². The van der Waals surface area contributed by atoms with Crippen LogP contribution in [0.2, 0.25) is 0 Å². The van der Waals surface area contributed by atoms with E-state index in [0.717, 1.165) is 0 Å². The first-order valence-electron chi connectivity index (χ1n) is 10.7. The van der Waals surface area contributed by atoms with E-state index in [4.69, 9.17) is 9.47 Å². The molecule has 10 heteroatoms. The van der Waals surface area contributed by atoms with Crippen molar-refractivity contribution in [3.8, 4) is 0 Å². The zero-order valence-corrected chi connectivity index (χ0v) is 19.7. The third-order valence-electron chi connectivity index (χ3n) is 4.71. The fourth-order valence-electron chi connectivity index (χ4n) is 3.23. The topological polar surface area (TPSA) is 137 Å². The van der Waals surface area contributed by atoms with Crippen molar-refractivity contribution in [2.45, 2.75) is 58.7 Å². The van der Waals surface area contributed by atoms with E-state index >= 15 is 0 Å². The van der Waals surface area contributed by atoms with Crippen LogP contribution in [0.15, 0.2) is 36.9 Å². The van der Waals surface area contributed by atoms with Gasteiger partial charge in [-0.05, 0) is 36.8 Å². The van der Waals surface area contributed by atoms with Crippen molar-refractivity contribution >= 4 is 23.7 Å². The summed E-state index contributed by atoms with van der Waals surface area (Å²) in [5.74, 6) is -0.984. The fourth-order valence-corrected chi connectivity index (χ4v) is 3.23. The van der Waals surface area contributed by atoms with Crippen LogP contribution < -0.4 is 10.6 Å². The van der Waals surface area contributed by atoms with Crippen LogP contribution in [0.1, 0.15) is 52.2 Å². The molecule has 0 heterocycles. The number of carbonyl (C=O) groups excluding carboxylic acids is 3. The highest BCUT2D eigenvalue weighted by Crippen LogP contribution is 2.28. The van der Waals surface area contributed by atoms with Gasteiger partial charge in [0.2, 0.25) is 5.91 Å². The third-order valence-corrected chi connectivity index (χ3v) is 4.71. The molecule has 0 saturated carbocycles. The summed E-state index contributed by atoms with van der Waals surface area (Å²) in [6.07, 6.45) is -0.140. The predicted octanol–water partition coefficient (Wildman–Crippen LogP) is 3.67. The SMILES string of the molecule is C=CC(OC(=O)N[C@@H](CC(C)C)C(=O)N[C@@H](CC(C)C)C(=O)OC)c1ccccc1[N+](=O)[O-]. The van der Waals surface area contributed by atoms with Crippen molar-refractivity contribution in [2.24, 2.45) is 11.8 Å². The number of nitrogens with zero attached hydrogens (tertiary/aromatic N) is 1. The van der Waals surface area contributed by atoms with E-state index in [2.05, 4.69) is 17.2 Å². The van der Waals surface area contributed by atoms with Crippen molar-refractivity contribution in [2.75, 3.05) is 7.11 Å². The Morgan fingerprint density at radius 2 is 1.64 bits per heavy atom. The Morgan fingerprint density at radius 3 is 2.15 bits per heavy atom. The number of ether oxygens (including phenoxy) is 2. The molecule has 10 nitrogen and oxygen atoms in total. The minimum Gasteiger partial charge on any atom is -0.467 e. The smallest absolute Gasteiger partial charge is 0.408 e. The number of nitro groups is 1. The second kappa shape index (κ2) is 13.2. The number of nitrogens with one attached hydrogen (secondary N) is 2. The van der Waals surface area contributed by atoms with Crippen molar-refractivity contribution in [1.29, 1.82) is 0 Å². The lowest BCUT2D eigenvalue weighted by molar-refractivity contribution is -0.386. The summed E-state index contributed by atoms with van der Waals surface area (Å²) in [6.45, 7) is 11.1. The summed E-state index contributed by atoms with van der Waals surface area (Å²) in [5, 5.41) is 16.4. The van der Waals surface area contributed by atoms with Gasteiger partial charge in [0, 0.05) is 6.07 Å². The Balaban J connectivity index is 3.00. The van der Waals surface area contributed by atoms with Crippen LogP contribution in [-0.4, -0.2) is 42.1 Å². The van der Waals surface area contributed by atoms with Crippen LogP contribution in [-0.2, 0) is 19.1 Å². The molecule has 33 heavy (non-hydrogen) atoms. The summed E-state index contributed by atoms with van der Waals surface area (Å²) in [6, 6.07) is 3.99. The standard InChI is InChI=1S/C23H33N3O7/c1-7-20(16-10-8-9-11-19(16)26(30)31)33-23(29)25-17(12-14(2)3)21(27)24-18(13-15(4)5)22(28)32-6/h7-11,14-15,17-18,20H,1,12-13H2,2-6H3,(H,24,27)(H,25,29)/t17-,18-,20?/m0/s1. The van der Waals surface area contributed by atoms with Gasteiger partial charge in [0.15, 0.2) is 6.10 Å². The van der Waals surface area contributed by atoms with Gasteiger partial charge in [-0.2, -0.15) is 0 Å². The van der Waals surface area contributed by atoms with Gasteiger partial charge in [-0.25, -0.2) is 9.59 Å². The third kappa shape index (κ3) is 8.91. The lowest BCUT2D eigenvalue weighted by Gasteiger charge is -2.24. The molecular formula is C23H33N3O7. The average molecular weight is 464 g/mol. The summed E-state index contributed by atoms with van der Waals surface area (Å²) >= 11 is 0. The molecule has 0 aliphatic carbocycles. The van der Waals surface area contributed by atoms with Gasteiger partial charge in [0.25, 0.3) is 5.69 Å². The van der Waals surface area contributed by atoms with Crippen molar-refractivity contribution in [3.63, 3.8) is 0 Å². The Morgan fingerprint density at radius 1 is 1.06 bits per heavy atom. The monoisotopic (exact) mass is 463 g/mol. The molecule has 0 aliphatic rings. The molecule has 1 rings (SSSR count). The van der Waals surface area contributed by atoms with Crippen molar-refractivity contribution in [1.82, 2.24) is 10.6 Å². The lowest BCUT2D eigenvalue weighted by atomic mass is 10.0. The summed E-state index contributed by atoms with van der Waals surface area (Å²) in [7, 11) is 1.24. The zero-order valence-electron chi connectivity index (χ0n) is 19.7. The number of benzene rings is 1. The fraction of sp³-hybridized carbons (Fsp3) is 0.522. The maximum absolute atomic E-state index is 12.9. The number of amides is 2. The van der Waals surface area contributed by atoms with E-state index in [-0.39, 0.29) is 29.5 Å². The van der Waals surface area contributed by atoms with Gasteiger partial charge in [0.1, 0.15) is 12.1 Å². The number of hydrogen-bond donors (Lipinski definition) is 2. The van der Waals surface area contributed by atoms with Gasteiger partial charge in [-0.3, -0.25) is 14.9 Å². The van der Waals surface area contributed by atoms with Gasteiger partial charge in [-0.15, -0.1) is 0 Å². The molecule has 0 bridgehead atoms. The number of carbonyl (C=O) groups is 3. The van der Waals surface area contributed by atoms with E-state index in [1.54, 1.807) is 6.07 Å². The minimum atomic E-state index is -1.10. The largest absolute Gasteiger partial charge is 0.467 e. The second-order valence-corrected chi connectivity index (χ2v) is 8.42.